The molecular weight excluding hydrogens is 198 g/mol. The van der Waals surface area contributed by atoms with E-state index in [1.807, 2.05) is 6.20 Å². The molecule has 1 N–H and O–H groups in total. The van der Waals surface area contributed by atoms with Gasteiger partial charge in [0.1, 0.15) is 0 Å². The monoisotopic (exact) mass is 221 g/mol. The maximum atomic E-state index is 4.34. The summed E-state index contributed by atoms with van der Waals surface area (Å²) < 4.78 is 2.13. The molecule has 3 nitrogen and oxygen atoms in total. The topological polar surface area (TPSA) is 29.9 Å². The second-order valence-corrected chi connectivity index (χ2v) is 4.84. The minimum absolute atomic E-state index is 0.751. The number of hydrogen-bond acceptors (Lipinski definition) is 2. The number of hydrogen-bond donors (Lipinski definition) is 1. The molecule has 1 aliphatic carbocycles. The highest BCUT2D eigenvalue weighted by Gasteiger charge is 2.25. The molecular formula is C13H23N3. The first kappa shape index (κ1) is 11.6. The third-order valence-corrected chi connectivity index (χ3v) is 3.77. The number of nitrogens with zero attached hydrogens (tertiary/aromatic N) is 2. The van der Waals surface area contributed by atoms with Crippen LogP contribution >= 0.6 is 0 Å². The Morgan fingerprint density at radius 2 is 2.38 bits per heavy atom. The van der Waals surface area contributed by atoms with Crippen molar-refractivity contribution in [3.05, 3.63) is 18.0 Å². The molecule has 0 spiro atoms. The van der Waals surface area contributed by atoms with E-state index in [4.69, 9.17) is 0 Å². The lowest BCUT2D eigenvalue weighted by Crippen LogP contribution is -2.32. The lowest BCUT2D eigenvalue weighted by molar-refractivity contribution is 0.357. The van der Waals surface area contributed by atoms with Gasteiger partial charge in [-0.1, -0.05) is 13.3 Å². The fraction of sp³-hybridized carbons (Fsp3) is 0.769. The smallest absolute Gasteiger partial charge is 0.0492 e. The minimum Gasteiger partial charge on any atom is -0.314 e. The Morgan fingerprint density at radius 3 is 3.06 bits per heavy atom. The molecule has 0 aliphatic heterocycles. The highest BCUT2D eigenvalue weighted by Crippen LogP contribution is 2.28. The standard InChI is InChI=1S/C13H23N3/c1-3-14-13-6-4-5-12(13)8-10-16-11(2)7-9-15-16/h7,9,12-14H,3-6,8,10H2,1-2H3. The molecule has 0 aromatic carbocycles. The van der Waals surface area contributed by atoms with Crippen molar-refractivity contribution in [2.24, 2.45) is 5.92 Å². The number of aryl methyl sites for hydroxylation is 2. The van der Waals surface area contributed by atoms with Crippen LogP contribution in [0.15, 0.2) is 12.3 Å². The Balaban J connectivity index is 1.83. The van der Waals surface area contributed by atoms with Crippen LogP contribution in [0.2, 0.25) is 0 Å². The van der Waals surface area contributed by atoms with E-state index in [-0.39, 0.29) is 0 Å². The number of aromatic nitrogens is 2. The summed E-state index contributed by atoms with van der Waals surface area (Å²) in [5, 5.41) is 7.95. The molecule has 1 fully saturated rings. The first-order valence-corrected chi connectivity index (χ1v) is 6.53. The summed E-state index contributed by atoms with van der Waals surface area (Å²) in [7, 11) is 0. The zero-order chi connectivity index (χ0) is 11.4. The second-order valence-electron chi connectivity index (χ2n) is 4.84. The van der Waals surface area contributed by atoms with Crippen LogP contribution in [0, 0.1) is 12.8 Å². The number of rotatable bonds is 5. The molecule has 0 bridgehead atoms. The third-order valence-electron chi connectivity index (χ3n) is 3.77. The molecule has 0 amide bonds. The first-order chi connectivity index (χ1) is 7.81. The van der Waals surface area contributed by atoms with Gasteiger partial charge >= 0.3 is 0 Å². The highest BCUT2D eigenvalue weighted by molar-refractivity contribution is 4.96. The maximum absolute atomic E-state index is 4.34. The van der Waals surface area contributed by atoms with Crippen LogP contribution in [0.5, 0.6) is 0 Å². The molecule has 1 aliphatic rings. The Morgan fingerprint density at radius 1 is 1.50 bits per heavy atom. The Bertz CT molecular complexity index is 319. The zero-order valence-electron chi connectivity index (χ0n) is 10.4. The molecule has 3 heteroatoms. The molecule has 90 valence electrons. The summed E-state index contributed by atoms with van der Waals surface area (Å²) in [6.07, 6.45) is 7.29. The van der Waals surface area contributed by atoms with Crippen molar-refractivity contribution in [3.63, 3.8) is 0 Å². The molecule has 0 radical (unpaired) electrons. The predicted octanol–water partition coefficient (Wildman–Crippen LogP) is 2.36. The summed E-state index contributed by atoms with van der Waals surface area (Å²) >= 11 is 0. The van der Waals surface area contributed by atoms with Crippen LogP contribution in [0.3, 0.4) is 0 Å². The molecule has 1 saturated carbocycles. The molecule has 1 aromatic rings. The van der Waals surface area contributed by atoms with Crippen LogP contribution < -0.4 is 5.32 Å². The predicted molar refractivity (Wildman–Crippen MR) is 66.4 cm³/mol. The van der Waals surface area contributed by atoms with Crippen molar-refractivity contribution in [3.8, 4) is 0 Å². The van der Waals surface area contributed by atoms with Crippen molar-refractivity contribution < 1.29 is 0 Å². The average Bonchev–Trinajstić information content (AvgIpc) is 2.86. The summed E-state index contributed by atoms with van der Waals surface area (Å²) in [6, 6.07) is 2.83. The van der Waals surface area contributed by atoms with Crippen LogP contribution in [0.4, 0.5) is 0 Å². The van der Waals surface area contributed by atoms with Gasteiger partial charge in [-0.15, -0.1) is 0 Å². The van der Waals surface area contributed by atoms with Crippen molar-refractivity contribution >= 4 is 0 Å². The van der Waals surface area contributed by atoms with Crippen molar-refractivity contribution in [1.82, 2.24) is 15.1 Å². The Kier molecular flexibility index (Phi) is 3.99. The lowest BCUT2D eigenvalue weighted by Gasteiger charge is -2.20. The molecule has 16 heavy (non-hydrogen) atoms. The molecule has 1 heterocycles. The van der Waals surface area contributed by atoms with E-state index in [0.29, 0.717) is 0 Å². The fourth-order valence-corrected chi connectivity index (χ4v) is 2.83. The molecule has 2 atom stereocenters. The lowest BCUT2D eigenvalue weighted by atomic mass is 9.99. The van der Waals surface area contributed by atoms with Gasteiger partial charge in [-0.25, -0.2) is 0 Å². The maximum Gasteiger partial charge on any atom is 0.0492 e. The number of nitrogens with one attached hydrogen (secondary N) is 1. The second kappa shape index (κ2) is 5.48. The van der Waals surface area contributed by atoms with Crippen molar-refractivity contribution in [1.29, 1.82) is 0 Å². The molecule has 2 rings (SSSR count). The van der Waals surface area contributed by atoms with Crippen LogP contribution in [0.25, 0.3) is 0 Å². The van der Waals surface area contributed by atoms with Crippen LogP contribution in [0.1, 0.15) is 38.3 Å². The van der Waals surface area contributed by atoms with Crippen molar-refractivity contribution in [2.75, 3.05) is 6.54 Å². The van der Waals surface area contributed by atoms with Crippen molar-refractivity contribution in [2.45, 2.75) is 52.1 Å². The summed E-state index contributed by atoms with van der Waals surface area (Å²) in [4.78, 5) is 0. The largest absolute Gasteiger partial charge is 0.314 e. The van der Waals surface area contributed by atoms with E-state index in [1.165, 1.54) is 31.4 Å². The van der Waals surface area contributed by atoms with Crippen LogP contribution in [-0.4, -0.2) is 22.4 Å². The van der Waals surface area contributed by atoms with Gasteiger partial charge in [-0.05, 0) is 44.7 Å². The van der Waals surface area contributed by atoms with Gasteiger partial charge in [0.15, 0.2) is 0 Å². The van der Waals surface area contributed by atoms with E-state index in [9.17, 15) is 0 Å². The quantitative estimate of drug-likeness (QED) is 0.827. The normalized spacial score (nSPS) is 25.1. The van der Waals surface area contributed by atoms with Gasteiger partial charge in [-0.3, -0.25) is 4.68 Å². The van der Waals surface area contributed by atoms with E-state index in [1.54, 1.807) is 0 Å². The van der Waals surface area contributed by atoms with Gasteiger partial charge in [0.25, 0.3) is 0 Å². The Hall–Kier alpha value is -0.830. The van der Waals surface area contributed by atoms with Gasteiger partial charge in [0.05, 0.1) is 0 Å². The van der Waals surface area contributed by atoms with Gasteiger partial charge in [0.2, 0.25) is 0 Å². The molecule has 1 aromatic heterocycles. The molecule has 2 unspecified atom stereocenters. The zero-order valence-corrected chi connectivity index (χ0v) is 10.4. The summed E-state index contributed by atoms with van der Waals surface area (Å²) in [5.41, 5.74) is 1.28. The Labute approximate surface area is 98.2 Å². The minimum atomic E-state index is 0.751. The van der Waals surface area contributed by atoms with Gasteiger partial charge in [-0.2, -0.15) is 5.10 Å². The van der Waals surface area contributed by atoms with Crippen LogP contribution in [-0.2, 0) is 6.54 Å². The molecule has 0 saturated heterocycles. The summed E-state index contributed by atoms with van der Waals surface area (Å²) in [5.74, 6) is 0.851. The van der Waals surface area contributed by atoms with E-state index in [2.05, 4.69) is 35.0 Å². The SMILES string of the molecule is CCNC1CCCC1CCn1nccc1C. The van der Waals surface area contributed by atoms with Gasteiger partial charge in [0, 0.05) is 24.5 Å². The van der Waals surface area contributed by atoms with E-state index >= 15 is 0 Å². The summed E-state index contributed by atoms with van der Waals surface area (Å²) in [6.45, 7) is 6.50. The highest BCUT2D eigenvalue weighted by atomic mass is 15.3. The fourth-order valence-electron chi connectivity index (χ4n) is 2.83. The van der Waals surface area contributed by atoms with Gasteiger partial charge < -0.3 is 5.32 Å². The van der Waals surface area contributed by atoms with E-state index in [0.717, 1.165) is 25.0 Å². The van der Waals surface area contributed by atoms with E-state index < -0.39 is 0 Å². The first-order valence-electron chi connectivity index (χ1n) is 6.53. The third kappa shape index (κ3) is 2.64. The average molecular weight is 221 g/mol.